The van der Waals surface area contributed by atoms with E-state index in [2.05, 4.69) is 6.92 Å². The molecule has 5 heteroatoms. The van der Waals surface area contributed by atoms with Gasteiger partial charge in [0.2, 0.25) is 5.91 Å². The molecule has 0 bridgehead atoms. The third-order valence-corrected chi connectivity index (χ3v) is 4.66. The number of rotatable bonds is 15. The van der Waals surface area contributed by atoms with Gasteiger partial charge >= 0.3 is 5.97 Å². The van der Waals surface area contributed by atoms with Gasteiger partial charge in [-0.1, -0.05) is 77.2 Å². The Bertz CT molecular complexity index is 472. The standard InChI is InChI=1S/C21H36N2O3/c1-2-3-4-5-6-7-8-9-10-11-12-15-20(24)26-18-23-16-13-14-19(17-23)21(22)25/h13-14,16H,2-12,15,17-18H2,1H3,(H2,22,25). The lowest BCUT2D eigenvalue weighted by Gasteiger charge is -2.22. The third kappa shape index (κ3) is 11.0. The Labute approximate surface area is 158 Å². The van der Waals surface area contributed by atoms with E-state index in [0.717, 1.165) is 12.8 Å². The molecule has 2 N–H and O–H groups in total. The van der Waals surface area contributed by atoms with Crippen LogP contribution >= 0.6 is 0 Å². The molecular weight excluding hydrogens is 328 g/mol. The third-order valence-electron chi connectivity index (χ3n) is 4.66. The molecule has 0 fully saturated rings. The number of hydrogen-bond donors (Lipinski definition) is 1. The second kappa shape index (κ2) is 14.4. The van der Waals surface area contributed by atoms with Gasteiger partial charge in [-0.2, -0.15) is 0 Å². The van der Waals surface area contributed by atoms with Crippen molar-refractivity contribution in [1.29, 1.82) is 0 Å². The molecule has 0 radical (unpaired) electrons. The lowest BCUT2D eigenvalue weighted by molar-refractivity contribution is -0.147. The number of carbonyl (C=O) groups is 2. The molecule has 0 spiro atoms. The highest BCUT2D eigenvalue weighted by Gasteiger charge is 2.13. The SMILES string of the molecule is CCCCCCCCCCCCCC(=O)OCN1C=CC=C(C(N)=O)C1. The van der Waals surface area contributed by atoms with Crippen molar-refractivity contribution in [2.24, 2.45) is 5.73 Å². The number of nitrogens with zero attached hydrogens (tertiary/aromatic N) is 1. The maximum Gasteiger partial charge on any atom is 0.307 e. The van der Waals surface area contributed by atoms with Crippen LogP contribution in [-0.2, 0) is 14.3 Å². The van der Waals surface area contributed by atoms with E-state index in [1.165, 1.54) is 57.8 Å². The van der Waals surface area contributed by atoms with Crippen LogP contribution in [0.25, 0.3) is 0 Å². The number of hydrogen-bond acceptors (Lipinski definition) is 4. The number of primary amides is 1. The average Bonchev–Trinajstić information content (AvgIpc) is 2.64. The predicted octanol–water partition coefficient (Wildman–Crippen LogP) is 4.43. The Kier molecular flexibility index (Phi) is 12.3. The molecule has 1 aliphatic rings. The monoisotopic (exact) mass is 364 g/mol. The van der Waals surface area contributed by atoms with Crippen molar-refractivity contribution in [1.82, 2.24) is 4.90 Å². The lowest BCUT2D eigenvalue weighted by Crippen LogP contribution is -2.31. The van der Waals surface area contributed by atoms with Gasteiger partial charge in [-0.15, -0.1) is 0 Å². The first-order valence-corrected chi connectivity index (χ1v) is 10.2. The van der Waals surface area contributed by atoms with Crippen molar-refractivity contribution in [2.75, 3.05) is 13.3 Å². The number of esters is 1. The summed E-state index contributed by atoms with van der Waals surface area (Å²) >= 11 is 0. The smallest absolute Gasteiger partial charge is 0.307 e. The van der Waals surface area contributed by atoms with Crippen LogP contribution < -0.4 is 5.73 Å². The fourth-order valence-electron chi connectivity index (χ4n) is 3.01. The van der Waals surface area contributed by atoms with Crippen molar-refractivity contribution in [2.45, 2.75) is 84.0 Å². The molecule has 1 heterocycles. The van der Waals surface area contributed by atoms with Gasteiger partial charge in [0.1, 0.15) is 0 Å². The van der Waals surface area contributed by atoms with Gasteiger partial charge < -0.3 is 15.4 Å². The van der Waals surface area contributed by atoms with Crippen LogP contribution in [0.4, 0.5) is 0 Å². The molecule has 0 aromatic carbocycles. The summed E-state index contributed by atoms with van der Waals surface area (Å²) in [7, 11) is 0. The Balaban J connectivity index is 1.92. The summed E-state index contributed by atoms with van der Waals surface area (Å²) in [5.74, 6) is -0.615. The van der Waals surface area contributed by atoms with Gasteiger partial charge in [-0.25, -0.2) is 0 Å². The topological polar surface area (TPSA) is 72.6 Å². The molecule has 0 aromatic rings. The van der Waals surface area contributed by atoms with Gasteiger partial charge in [-0.05, 0) is 12.5 Å². The summed E-state index contributed by atoms with van der Waals surface area (Å²) in [5, 5.41) is 0. The van der Waals surface area contributed by atoms with Crippen molar-refractivity contribution < 1.29 is 14.3 Å². The van der Waals surface area contributed by atoms with Crippen LogP contribution in [0.2, 0.25) is 0 Å². The molecule has 1 amide bonds. The Morgan fingerprint density at radius 2 is 1.58 bits per heavy atom. The first-order valence-electron chi connectivity index (χ1n) is 10.2. The zero-order valence-electron chi connectivity index (χ0n) is 16.4. The summed E-state index contributed by atoms with van der Waals surface area (Å²) in [5.41, 5.74) is 5.78. The fourth-order valence-corrected chi connectivity index (χ4v) is 3.01. The van der Waals surface area contributed by atoms with E-state index < -0.39 is 5.91 Å². The van der Waals surface area contributed by atoms with Gasteiger partial charge in [-0.3, -0.25) is 9.59 Å². The molecule has 0 saturated heterocycles. The molecule has 0 aromatic heterocycles. The zero-order valence-corrected chi connectivity index (χ0v) is 16.4. The average molecular weight is 365 g/mol. The quantitative estimate of drug-likeness (QED) is 0.345. The number of unbranched alkanes of at least 4 members (excludes halogenated alkanes) is 10. The van der Waals surface area contributed by atoms with E-state index in [0.29, 0.717) is 18.5 Å². The van der Waals surface area contributed by atoms with Crippen LogP contribution in [0.1, 0.15) is 84.0 Å². The molecule has 0 unspecified atom stereocenters. The molecule has 26 heavy (non-hydrogen) atoms. The number of carbonyl (C=O) groups excluding carboxylic acids is 2. The maximum atomic E-state index is 11.8. The number of ether oxygens (including phenoxy) is 1. The molecule has 0 atom stereocenters. The minimum atomic E-state index is -0.438. The maximum absolute atomic E-state index is 11.8. The van der Waals surface area contributed by atoms with E-state index in [-0.39, 0.29) is 12.7 Å². The molecular formula is C21H36N2O3. The summed E-state index contributed by atoms with van der Waals surface area (Å²) < 4.78 is 5.26. The van der Waals surface area contributed by atoms with Crippen LogP contribution in [0, 0.1) is 0 Å². The minimum absolute atomic E-state index is 0.165. The second-order valence-corrected chi connectivity index (χ2v) is 7.08. The molecule has 148 valence electrons. The highest BCUT2D eigenvalue weighted by molar-refractivity contribution is 5.92. The Morgan fingerprint density at radius 1 is 1.00 bits per heavy atom. The van der Waals surface area contributed by atoms with Crippen molar-refractivity contribution in [3.63, 3.8) is 0 Å². The van der Waals surface area contributed by atoms with E-state index in [9.17, 15) is 9.59 Å². The highest BCUT2D eigenvalue weighted by Crippen LogP contribution is 2.12. The van der Waals surface area contributed by atoms with E-state index >= 15 is 0 Å². The molecule has 1 rings (SSSR count). The first kappa shape index (κ1) is 22.3. The van der Waals surface area contributed by atoms with Crippen molar-refractivity contribution in [3.8, 4) is 0 Å². The van der Waals surface area contributed by atoms with Crippen LogP contribution in [0.5, 0.6) is 0 Å². The normalized spacial score (nSPS) is 13.6. The van der Waals surface area contributed by atoms with E-state index in [1.54, 1.807) is 23.3 Å². The molecule has 1 aliphatic heterocycles. The molecule has 0 aliphatic carbocycles. The summed E-state index contributed by atoms with van der Waals surface area (Å²) in [4.78, 5) is 24.7. The van der Waals surface area contributed by atoms with Crippen LogP contribution in [0.15, 0.2) is 23.9 Å². The van der Waals surface area contributed by atoms with Crippen molar-refractivity contribution in [3.05, 3.63) is 23.9 Å². The van der Waals surface area contributed by atoms with Crippen molar-refractivity contribution >= 4 is 11.9 Å². The van der Waals surface area contributed by atoms with E-state index in [4.69, 9.17) is 10.5 Å². The Hall–Kier alpha value is -1.78. The fraction of sp³-hybridized carbons (Fsp3) is 0.714. The summed E-state index contributed by atoms with van der Waals surface area (Å²) in [6.07, 6.45) is 19.6. The highest BCUT2D eigenvalue weighted by atomic mass is 16.5. The van der Waals surface area contributed by atoms with Crippen LogP contribution in [-0.4, -0.2) is 30.1 Å². The Morgan fingerprint density at radius 3 is 2.15 bits per heavy atom. The van der Waals surface area contributed by atoms with Gasteiger partial charge in [0.15, 0.2) is 6.73 Å². The first-order chi connectivity index (χ1) is 12.6. The van der Waals surface area contributed by atoms with E-state index in [1.807, 2.05) is 0 Å². The summed E-state index contributed by atoms with van der Waals surface area (Å²) in [6.45, 7) is 2.80. The zero-order chi connectivity index (χ0) is 19.0. The largest absolute Gasteiger partial charge is 0.444 e. The summed E-state index contributed by atoms with van der Waals surface area (Å²) in [6, 6.07) is 0. The molecule has 5 nitrogen and oxygen atoms in total. The number of allylic oxidation sites excluding steroid dienone is 2. The second-order valence-electron chi connectivity index (χ2n) is 7.08. The lowest BCUT2D eigenvalue weighted by atomic mass is 10.1. The number of amides is 1. The van der Waals surface area contributed by atoms with Gasteiger partial charge in [0.05, 0.1) is 6.54 Å². The molecule has 0 saturated carbocycles. The van der Waals surface area contributed by atoms with Gasteiger partial charge in [0.25, 0.3) is 0 Å². The van der Waals surface area contributed by atoms with Crippen LogP contribution in [0.3, 0.4) is 0 Å². The number of nitrogens with two attached hydrogens (primary N) is 1. The minimum Gasteiger partial charge on any atom is -0.444 e. The van der Waals surface area contributed by atoms with Gasteiger partial charge in [0, 0.05) is 18.2 Å². The predicted molar refractivity (Wildman–Crippen MR) is 105 cm³/mol.